The van der Waals surface area contributed by atoms with Crippen LogP contribution in [0.25, 0.3) is 5.69 Å². The number of rotatable bonds is 5. The van der Waals surface area contributed by atoms with Crippen LogP contribution in [0.5, 0.6) is 5.75 Å². The van der Waals surface area contributed by atoms with Gasteiger partial charge in [-0.05, 0) is 60.0 Å². The van der Waals surface area contributed by atoms with Crippen LogP contribution >= 0.6 is 0 Å². The first-order valence-electron chi connectivity index (χ1n) is 11.3. The highest BCUT2D eigenvalue weighted by molar-refractivity contribution is 5.46. The maximum atomic E-state index is 13.3. The van der Waals surface area contributed by atoms with E-state index in [4.69, 9.17) is 9.47 Å². The van der Waals surface area contributed by atoms with Gasteiger partial charge in [-0.25, -0.2) is 0 Å². The number of hydrogen-bond donors (Lipinski definition) is 0. The average molecular weight is 473 g/mol. The zero-order chi connectivity index (χ0) is 23.8. The van der Waals surface area contributed by atoms with Gasteiger partial charge in [-0.15, -0.1) is 5.10 Å². The van der Waals surface area contributed by atoms with Gasteiger partial charge in [0.05, 0.1) is 25.0 Å². The van der Waals surface area contributed by atoms with E-state index in [1.165, 1.54) is 11.6 Å². The Morgan fingerprint density at radius 2 is 2.00 bits per heavy atom. The Kier molecular flexibility index (Phi) is 6.03. The number of ether oxygens (including phenoxy) is 2. The predicted molar refractivity (Wildman–Crippen MR) is 118 cm³/mol. The normalized spacial score (nSPS) is 23.5. The molecule has 0 bridgehead atoms. The lowest BCUT2D eigenvalue weighted by atomic mass is 9.83. The van der Waals surface area contributed by atoms with Crippen LogP contribution in [0.3, 0.4) is 0 Å². The van der Waals surface area contributed by atoms with Crippen LogP contribution in [0.4, 0.5) is 13.2 Å². The van der Waals surface area contributed by atoms with Gasteiger partial charge in [-0.2, -0.15) is 17.9 Å². The van der Waals surface area contributed by atoms with Crippen LogP contribution in [0.2, 0.25) is 0 Å². The molecule has 2 aromatic carbocycles. The van der Waals surface area contributed by atoms with E-state index in [1.54, 1.807) is 19.2 Å². The Balaban J connectivity index is 1.37. The van der Waals surface area contributed by atoms with E-state index in [2.05, 4.69) is 32.6 Å². The van der Waals surface area contributed by atoms with Crippen molar-refractivity contribution in [2.75, 3.05) is 26.8 Å². The molecule has 7 nitrogen and oxygen atoms in total. The molecule has 10 heteroatoms. The standard InChI is InChI=1S/C24H26F3N5O2/c1-33-21-9-8-19(32-22(24(25,26)27)28-29-30-32)12-20(21)18-13-23(34-15-18)10-5-11-31(16-23)14-17-6-3-2-4-7-17/h2-4,6-9,12,18H,5,10-11,13-16H2,1H3. The van der Waals surface area contributed by atoms with Crippen molar-refractivity contribution in [2.24, 2.45) is 0 Å². The summed E-state index contributed by atoms with van der Waals surface area (Å²) in [6.45, 7) is 3.20. The second-order valence-electron chi connectivity index (χ2n) is 9.03. The van der Waals surface area contributed by atoms with Gasteiger partial charge < -0.3 is 9.47 Å². The molecule has 1 aromatic heterocycles. The number of nitrogens with zero attached hydrogens (tertiary/aromatic N) is 5. The average Bonchev–Trinajstić information content (AvgIpc) is 3.47. The van der Waals surface area contributed by atoms with Gasteiger partial charge in [-0.3, -0.25) is 4.90 Å². The fraction of sp³-hybridized carbons (Fsp3) is 0.458. The molecule has 5 rings (SSSR count). The third-order valence-electron chi connectivity index (χ3n) is 6.70. The zero-order valence-electron chi connectivity index (χ0n) is 18.8. The van der Waals surface area contributed by atoms with Crippen molar-refractivity contribution in [2.45, 2.75) is 43.5 Å². The first-order valence-corrected chi connectivity index (χ1v) is 11.3. The highest BCUT2D eigenvalue weighted by Crippen LogP contribution is 2.45. The molecule has 0 N–H and O–H groups in total. The first kappa shape index (κ1) is 22.8. The second-order valence-corrected chi connectivity index (χ2v) is 9.03. The van der Waals surface area contributed by atoms with E-state index in [-0.39, 0.29) is 17.2 Å². The zero-order valence-corrected chi connectivity index (χ0v) is 18.8. The Bertz CT molecular complexity index is 1140. The van der Waals surface area contributed by atoms with Gasteiger partial charge in [0.2, 0.25) is 0 Å². The summed E-state index contributed by atoms with van der Waals surface area (Å²) in [4.78, 5) is 2.42. The smallest absolute Gasteiger partial charge is 0.453 e. The van der Waals surface area contributed by atoms with E-state index in [0.717, 1.165) is 49.1 Å². The second kappa shape index (κ2) is 8.99. The topological polar surface area (TPSA) is 65.3 Å². The number of aromatic nitrogens is 4. The number of piperidine rings is 1. The van der Waals surface area contributed by atoms with Gasteiger partial charge in [0.15, 0.2) is 0 Å². The van der Waals surface area contributed by atoms with Crippen LogP contribution < -0.4 is 4.74 Å². The molecular weight excluding hydrogens is 447 g/mol. The molecule has 2 saturated heterocycles. The Hall–Kier alpha value is -2.98. The van der Waals surface area contributed by atoms with E-state index in [9.17, 15) is 13.2 Å². The van der Waals surface area contributed by atoms with Gasteiger partial charge in [-0.1, -0.05) is 30.3 Å². The summed E-state index contributed by atoms with van der Waals surface area (Å²) in [7, 11) is 1.56. The predicted octanol–water partition coefficient (Wildman–Crippen LogP) is 4.23. The molecule has 0 aliphatic carbocycles. The van der Waals surface area contributed by atoms with Crippen molar-refractivity contribution in [3.05, 3.63) is 65.5 Å². The molecule has 180 valence electrons. The van der Waals surface area contributed by atoms with Crippen molar-refractivity contribution >= 4 is 0 Å². The molecule has 0 saturated carbocycles. The highest BCUT2D eigenvalue weighted by atomic mass is 19.4. The summed E-state index contributed by atoms with van der Waals surface area (Å²) in [5.41, 5.74) is 2.04. The van der Waals surface area contributed by atoms with Gasteiger partial charge in [0.25, 0.3) is 5.82 Å². The first-order chi connectivity index (χ1) is 16.4. The Morgan fingerprint density at radius 1 is 1.18 bits per heavy atom. The summed E-state index contributed by atoms with van der Waals surface area (Å²) in [6.07, 6.45) is -1.88. The number of methoxy groups -OCH3 is 1. The Labute approximate surface area is 195 Å². The molecule has 0 radical (unpaired) electrons. The third-order valence-corrected chi connectivity index (χ3v) is 6.70. The van der Waals surface area contributed by atoms with Gasteiger partial charge in [0.1, 0.15) is 5.75 Å². The lowest BCUT2D eigenvalue weighted by Gasteiger charge is -2.40. The molecule has 34 heavy (non-hydrogen) atoms. The van der Waals surface area contributed by atoms with Crippen molar-refractivity contribution in [1.82, 2.24) is 25.1 Å². The minimum Gasteiger partial charge on any atom is -0.496 e. The summed E-state index contributed by atoms with van der Waals surface area (Å²) in [6, 6.07) is 15.2. The molecule has 2 atom stereocenters. The number of halogens is 3. The number of alkyl halides is 3. The lowest BCUT2D eigenvalue weighted by Crippen LogP contribution is -2.47. The fourth-order valence-electron chi connectivity index (χ4n) is 5.21. The van der Waals surface area contributed by atoms with Crippen molar-refractivity contribution in [1.29, 1.82) is 0 Å². The van der Waals surface area contributed by atoms with Gasteiger partial charge >= 0.3 is 6.18 Å². The Morgan fingerprint density at radius 3 is 2.76 bits per heavy atom. The van der Waals surface area contributed by atoms with Gasteiger partial charge in [0, 0.05) is 24.6 Å². The van der Waals surface area contributed by atoms with Crippen LogP contribution in [0, 0.1) is 0 Å². The molecule has 2 unspecified atom stereocenters. The molecule has 2 fully saturated rings. The maximum Gasteiger partial charge on any atom is 0.453 e. The van der Waals surface area contributed by atoms with Crippen molar-refractivity contribution in [3.63, 3.8) is 0 Å². The molecule has 3 heterocycles. The largest absolute Gasteiger partial charge is 0.496 e. The molecule has 1 spiro atoms. The van der Waals surface area contributed by atoms with Crippen LogP contribution in [0.1, 0.15) is 42.1 Å². The van der Waals surface area contributed by atoms with Crippen molar-refractivity contribution < 1.29 is 22.6 Å². The number of likely N-dealkylation sites (tertiary alicyclic amines) is 1. The third kappa shape index (κ3) is 4.52. The number of tetrazole rings is 1. The summed E-state index contributed by atoms with van der Waals surface area (Å²) in [5.74, 6) is -0.544. The summed E-state index contributed by atoms with van der Waals surface area (Å²) in [5, 5.41) is 9.95. The minimum atomic E-state index is -4.66. The van der Waals surface area contributed by atoms with E-state index in [1.807, 2.05) is 18.2 Å². The molecular formula is C24H26F3N5O2. The molecule has 0 amide bonds. The van der Waals surface area contributed by atoms with Crippen LogP contribution in [0.15, 0.2) is 48.5 Å². The number of benzene rings is 2. The molecule has 2 aliphatic rings. The van der Waals surface area contributed by atoms with E-state index in [0.29, 0.717) is 12.4 Å². The van der Waals surface area contributed by atoms with Crippen LogP contribution in [-0.4, -0.2) is 57.5 Å². The van der Waals surface area contributed by atoms with E-state index >= 15 is 0 Å². The molecule has 2 aliphatic heterocycles. The number of hydrogen-bond acceptors (Lipinski definition) is 6. The van der Waals surface area contributed by atoms with Crippen LogP contribution in [-0.2, 0) is 17.5 Å². The highest BCUT2D eigenvalue weighted by Gasteiger charge is 2.45. The monoisotopic (exact) mass is 473 g/mol. The SMILES string of the molecule is COc1ccc(-n2nnnc2C(F)(F)F)cc1C1COC2(CCCN(Cc3ccccc3)C2)C1. The van der Waals surface area contributed by atoms with Crippen molar-refractivity contribution in [3.8, 4) is 11.4 Å². The summed E-state index contributed by atoms with van der Waals surface area (Å²) >= 11 is 0. The fourth-order valence-corrected chi connectivity index (χ4v) is 5.21. The minimum absolute atomic E-state index is 0.00241. The summed E-state index contributed by atoms with van der Waals surface area (Å²) < 4.78 is 52.7. The molecule has 3 aromatic rings. The van der Waals surface area contributed by atoms with E-state index < -0.39 is 12.0 Å². The lowest BCUT2D eigenvalue weighted by molar-refractivity contribution is -0.146. The maximum absolute atomic E-state index is 13.3. The quantitative estimate of drug-likeness (QED) is 0.553.